The fourth-order valence-electron chi connectivity index (χ4n) is 4.02. The number of nitrogens with one attached hydrogen (secondary N) is 1. The minimum atomic E-state index is -4.06. The minimum Gasteiger partial charge on any atom is -0.497 e. The van der Waals surface area contributed by atoms with E-state index in [4.69, 9.17) is 4.74 Å². The molecule has 1 atom stereocenters. The molecule has 0 bridgehead atoms. The lowest BCUT2D eigenvalue weighted by molar-refractivity contribution is -0.140. The monoisotopic (exact) mass is 523 g/mol. The van der Waals surface area contributed by atoms with Crippen LogP contribution < -0.4 is 14.4 Å². The molecule has 37 heavy (non-hydrogen) atoms. The Balaban J connectivity index is 2.03. The Morgan fingerprint density at radius 3 is 2.16 bits per heavy atom. The summed E-state index contributed by atoms with van der Waals surface area (Å²) < 4.78 is 33.7. The van der Waals surface area contributed by atoms with Crippen molar-refractivity contribution in [3.05, 3.63) is 90.5 Å². The number of amides is 2. The first-order valence-electron chi connectivity index (χ1n) is 12.1. The van der Waals surface area contributed by atoms with Gasteiger partial charge in [0.05, 0.1) is 17.7 Å². The number of nitrogens with zero attached hydrogens (tertiary/aromatic N) is 2. The topological polar surface area (TPSA) is 96.0 Å². The zero-order chi connectivity index (χ0) is 26.8. The van der Waals surface area contributed by atoms with E-state index < -0.39 is 28.5 Å². The summed E-state index contributed by atoms with van der Waals surface area (Å²) >= 11 is 0. The predicted octanol–water partition coefficient (Wildman–Crippen LogP) is 3.83. The van der Waals surface area contributed by atoms with Gasteiger partial charge in [-0.15, -0.1) is 0 Å². The molecule has 196 valence electrons. The summed E-state index contributed by atoms with van der Waals surface area (Å²) in [5, 5.41) is 2.79. The molecular weight excluding hydrogens is 490 g/mol. The minimum absolute atomic E-state index is 0.0711. The zero-order valence-electron chi connectivity index (χ0n) is 21.3. The van der Waals surface area contributed by atoms with E-state index in [1.165, 1.54) is 17.0 Å². The summed E-state index contributed by atoms with van der Waals surface area (Å²) in [6.45, 7) is 3.68. The maximum absolute atomic E-state index is 13.9. The fourth-order valence-corrected chi connectivity index (χ4v) is 5.46. The molecule has 8 nitrogen and oxygen atoms in total. The average molecular weight is 524 g/mol. The largest absolute Gasteiger partial charge is 0.497 e. The van der Waals surface area contributed by atoms with E-state index in [0.29, 0.717) is 24.4 Å². The first-order chi connectivity index (χ1) is 17.8. The van der Waals surface area contributed by atoms with Crippen LogP contribution >= 0.6 is 0 Å². The maximum Gasteiger partial charge on any atom is 0.264 e. The van der Waals surface area contributed by atoms with Gasteiger partial charge in [-0.2, -0.15) is 0 Å². The second kappa shape index (κ2) is 12.9. The van der Waals surface area contributed by atoms with Gasteiger partial charge in [-0.3, -0.25) is 13.9 Å². The van der Waals surface area contributed by atoms with E-state index in [1.54, 1.807) is 73.8 Å². The number of sulfonamides is 1. The molecule has 0 aliphatic rings. The number of para-hydroxylation sites is 1. The number of methoxy groups -OCH3 is 1. The van der Waals surface area contributed by atoms with Crippen molar-refractivity contribution in [3.63, 3.8) is 0 Å². The predicted molar refractivity (Wildman–Crippen MR) is 144 cm³/mol. The molecule has 0 heterocycles. The van der Waals surface area contributed by atoms with Crippen LogP contribution in [0.3, 0.4) is 0 Å². The first-order valence-corrected chi connectivity index (χ1v) is 13.6. The molecule has 0 saturated heterocycles. The normalized spacial score (nSPS) is 11.9. The van der Waals surface area contributed by atoms with Gasteiger partial charge in [0, 0.05) is 13.1 Å². The Morgan fingerprint density at radius 1 is 0.919 bits per heavy atom. The van der Waals surface area contributed by atoms with Crippen LogP contribution in [0.4, 0.5) is 5.69 Å². The number of likely N-dealkylation sites (N-methyl/N-ethyl adjacent to an activating group) is 1. The molecule has 1 N–H and O–H groups in total. The molecule has 0 aliphatic carbocycles. The summed E-state index contributed by atoms with van der Waals surface area (Å²) in [7, 11) is -2.51. The molecule has 3 rings (SSSR count). The van der Waals surface area contributed by atoms with Gasteiger partial charge in [0.25, 0.3) is 10.0 Å². The number of hydrogen-bond donors (Lipinski definition) is 1. The molecule has 0 saturated carbocycles. The Hall–Kier alpha value is -3.85. The van der Waals surface area contributed by atoms with Crippen molar-refractivity contribution in [2.24, 2.45) is 0 Å². The zero-order valence-corrected chi connectivity index (χ0v) is 22.1. The van der Waals surface area contributed by atoms with Gasteiger partial charge in [-0.05, 0) is 55.3 Å². The van der Waals surface area contributed by atoms with Gasteiger partial charge < -0.3 is 15.0 Å². The van der Waals surface area contributed by atoms with Crippen molar-refractivity contribution in [2.75, 3.05) is 24.5 Å². The van der Waals surface area contributed by atoms with Crippen LogP contribution in [0.15, 0.2) is 89.8 Å². The number of carbonyl (C=O) groups excluding carboxylic acids is 2. The fraction of sp³-hybridized carbons (Fsp3) is 0.286. The quantitative estimate of drug-likeness (QED) is 0.389. The highest BCUT2D eigenvalue weighted by Gasteiger charge is 2.33. The summed E-state index contributed by atoms with van der Waals surface area (Å²) in [6.07, 6.45) is 0.359. The molecule has 0 radical (unpaired) electrons. The van der Waals surface area contributed by atoms with Crippen LogP contribution in [0.25, 0.3) is 0 Å². The number of benzene rings is 3. The van der Waals surface area contributed by atoms with Crippen molar-refractivity contribution in [2.45, 2.75) is 37.8 Å². The van der Waals surface area contributed by atoms with E-state index in [2.05, 4.69) is 5.32 Å². The van der Waals surface area contributed by atoms with Gasteiger partial charge in [-0.1, -0.05) is 55.5 Å². The summed E-state index contributed by atoms with van der Waals surface area (Å²) in [5.74, 6) is -0.170. The lowest BCUT2D eigenvalue weighted by atomic mass is 10.1. The molecule has 0 unspecified atom stereocenters. The van der Waals surface area contributed by atoms with Gasteiger partial charge in [0.1, 0.15) is 18.3 Å². The summed E-state index contributed by atoms with van der Waals surface area (Å²) in [4.78, 5) is 28.3. The number of ether oxygens (including phenoxy) is 1. The third-order valence-electron chi connectivity index (χ3n) is 5.88. The summed E-state index contributed by atoms with van der Waals surface area (Å²) in [5.41, 5.74) is 1.11. The van der Waals surface area contributed by atoms with Crippen LogP contribution in [-0.2, 0) is 26.2 Å². The van der Waals surface area contributed by atoms with Crippen LogP contribution in [0, 0.1) is 0 Å². The van der Waals surface area contributed by atoms with Crippen molar-refractivity contribution in [3.8, 4) is 5.75 Å². The van der Waals surface area contributed by atoms with Gasteiger partial charge in [0.2, 0.25) is 11.8 Å². The smallest absolute Gasteiger partial charge is 0.264 e. The Labute approximate surface area is 218 Å². The van der Waals surface area contributed by atoms with E-state index in [9.17, 15) is 18.0 Å². The highest BCUT2D eigenvalue weighted by molar-refractivity contribution is 7.92. The van der Waals surface area contributed by atoms with Crippen molar-refractivity contribution < 1.29 is 22.7 Å². The Morgan fingerprint density at radius 2 is 1.57 bits per heavy atom. The van der Waals surface area contributed by atoms with Crippen LogP contribution in [0.5, 0.6) is 5.75 Å². The third kappa shape index (κ3) is 6.89. The first kappa shape index (κ1) is 27.7. The molecule has 0 aliphatic heterocycles. The van der Waals surface area contributed by atoms with Crippen molar-refractivity contribution in [1.29, 1.82) is 0 Å². The van der Waals surface area contributed by atoms with Crippen molar-refractivity contribution in [1.82, 2.24) is 10.2 Å². The lowest BCUT2D eigenvalue weighted by Gasteiger charge is -2.33. The highest BCUT2D eigenvalue weighted by atomic mass is 32.2. The van der Waals surface area contributed by atoms with E-state index >= 15 is 0 Å². The molecule has 3 aromatic carbocycles. The molecule has 0 fully saturated rings. The van der Waals surface area contributed by atoms with Crippen molar-refractivity contribution >= 4 is 27.5 Å². The second-order valence-corrected chi connectivity index (χ2v) is 10.2. The van der Waals surface area contributed by atoms with E-state index in [1.807, 2.05) is 19.9 Å². The van der Waals surface area contributed by atoms with E-state index in [0.717, 1.165) is 9.87 Å². The van der Waals surface area contributed by atoms with Gasteiger partial charge in [-0.25, -0.2) is 8.42 Å². The van der Waals surface area contributed by atoms with Crippen LogP contribution in [0.2, 0.25) is 0 Å². The average Bonchev–Trinajstić information content (AvgIpc) is 2.92. The number of anilines is 1. The number of carbonyl (C=O) groups is 2. The SMILES string of the molecule is CCNC(=O)[C@@H](CC)N(Cc1cccc(OC)c1)C(=O)CN(c1ccccc1)S(=O)(=O)c1ccccc1. The van der Waals surface area contributed by atoms with E-state index in [-0.39, 0.29) is 17.3 Å². The Bertz CT molecular complexity index is 1280. The lowest BCUT2D eigenvalue weighted by Crippen LogP contribution is -2.52. The summed E-state index contributed by atoms with van der Waals surface area (Å²) in [6, 6.07) is 22.9. The van der Waals surface area contributed by atoms with Crippen LogP contribution in [-0.4, -0.2) is 51.4 Å². The van der Waals surface area contributed by atoms with Gasteiger partial charge >= 0.3 is 0 Å². The van der Waals surface area contributed by atoms with Crippen LogP contribution in [0.1, 0.15) is 25.8 Å². The second-order valence-electron chi connectivity index (χ2n) is 8.35. The molecule has 0 aromatic heterocycles. The Kier molecular flexibility index (Phi) is 9.68. The van der Waals surface area contributed by atoms with Gasteiger partial charge in [0.15, 0.2) is 0 Å². The molecular formula is C28H33N3O5S. The maximum atomic E-state index is 13.9. The number of hydrogen-bond acceptors (Lipinski definition) is 5. The standard InChI is InChI=1S/C28H33N3O5S/c1-4-26(28(33)29-5-2)30(20-22-13-12-16-24(19-22)36-3)27(32)21-31(23-14-8-6-9-15-23)37(34,35)25-17-10-7-11-18-25/h6-19,26H,4-5,20-21H2,1-3H3,(H,29,33)/t26-/m1/s1. The molecule has 9 heteroatoms. The molecule has 2 amide bonds. The number of rotatable bonds is 12. The molecule has 3 aromatic rings. The molecule has 0 spiro atoms. The highest BCUT2D eigenvalue weighted by Crippen LogP contribution is 2.25. The third-order valence-corrected chi connectivity index (χ3v) is 7.67.